The summed E-state index contributed by atoms with van der Waals surface area (Å²) < 4.78 is 0. The molecule has 0 N–H and O–H groups in total. The van der Waals surface area contributed by atoms with Gasteiger partial charge in [-0.25, -0.2) is 44.9 Å². The molecule has 0 bridgehead atoms. The van der Waals surface area contributed by atoms with Crippen LogP contribution < -0.4 is 0 Å². The highest BCUT2D eigenvalue weighted by Gasteiger charge is 2.52. The number of aromatic nitrogens is 12. The number of hydrogen-bond acceptors (Lipinski definition) is 12. The summed E-state index contributed by atoms with van der Waals surface area (Å²) in [5, 5.41) is 2.58. The fourth-order valence-electron chi connectivity index (χ4n) is 19.9. The molecule has 15 aromatic carbocycles. The van der Waals surface area contributed by atoms with Crippen molar-refractivity contribution in [2.45, 2.75) is 43.9 Å². The van der Waals surface area contributed by atoms with E-state index >= 15 is 0 Å². The van der Waals surface area contributed by atoms with Gasteiger partial charge in [-0.15, -0.1) is 0 Å². The summed E-state index contributed by atoms with van der Waals surface area (Å²) >= 11 is 0. The van der Waals surface area contributed by atoms with Gasteiger partial charge in [0.2, 0.25) is 0 Å². The van der Waals surface area contributed by atoms with Crippen molar-refractivity contribution in [1.29, 1.82) is 0 Å². The third-order valence-electron chi connectivity index (χ3n) is 26.2. The summed E-state index contributed by atoms with van der Waals surface area (Å²) in [5.74, 6) is 5.80. The zero-order valence-electron chi connectivity index (χ0n) is 72.3. The van der Waals surface area contributed by atoms with Gasteiger partial charge < -0.3 is 0 Å². The molecule has 618 valence electrons. The maximum Gasteiger partial charge on any atom is 0.165 e. The van der Waals surface area contributed by atoms with E-state index in [1.807, 2.05) is 176 Å². The third kappa shape index (κ3) is 14.0. The molecule has 1 spiro atoms. The van der Waals surface area contributed by atoms with E-state index < -0.39 is 0 Å². The molecule has 131 heavy (non-hydrogen) atoms. The summed E-state index contributed by atoms with van der Waals surface area (Å²) in [6, 6.07) is 140. The van der Waals surface area contributed by atoms with Gasteiger partial charge in [0, 0.05) is 96.8 Å². The molecule has 4 aliphatic rings. The predicted octanol–water partition coefficient (Wildman–Crippen LogP) is 27.9. The maximum atomic E-state index is 5.08. The van der Waals surface area contributed by atoms with Crippen LogP contribution in [-0.4, -0.2) is 59.8 Å². The summed E-state index contributed by atoms with van der Waals surface area (Å²) in [6.45, 7) is 9.24. The van der Waals surface area contributed by atoms with Crippen molar-refractivity contribution < 1.29 is 0 Å². The second-order valence-corrected chi connectivity index (χ2v) is 34.6. The van der Waals surface area contributed by atoms with Crippen molar-refractivity contribution in [3.8, 4) is 181 Å². The summed E-state index contributed by atoms with van der Waals surface area (Å²) in [5.41, 5.74) is 34.9. The topological polar surface area (TPSA) is 155 Å². The molecule has 0 atom stereocenters. The average molecular weight is 1680 g/mol. The Labute approximate surface area is 759 Å². The Morgan fingerprint density at radius 3 is 1.02 bits per heavy atom. The number of pyridine rings is 3. The van der Waals surface area contributed by atoms with E-state index in [-0.39, 0.29) is 16.2 Å². The molecule has 4 aliphatic carbocycles. The Hall–Kier alpha value is -17.0. The molecule has 6 aromatic heterocycles. The van der Waals surface area contributed by atoms with E-state index in [0.29, 0.717) is 52.4 Å². The third-order valence-corrected chi connectivity index (χ3v) is 26.2. The van der Waals surface area contributed by atoms with Crippen molar-refractivity contribution in [3.63, 3.8) is 0 Å². The first-order valence-electron chi connectivity index (χ1n) is 44.3. The lowest BCUT2D eigenvalue weighted by Gasteiger charge is -2.30. The minimum atomic E-state index is -0.386. The van der Waals surface area contributed by atoms with E-state index in [4.69, 9.17) is 49.8 Å². The highest BCUT2D eigenvalue weighted by atomic mass is 15.1. The number of nitrogens with zero attached hydrogens (tertiary/aromatic N) is 12. The minimum absolute atomic E-state index is 0.0412. The number of hydrogen-bond donors (Lipinski definition) is 0. The second-order valence-electron chi connectivity index (χ2n) is 34.6. The van der Waals surface area contributed by atoms with E-state index in [2.05, 4.69) is 286 Å². The van der Waals surface area contributed by atoms with Crippen LogP contribution in [0.1, 0.15) is 72.2 Å². The molecule has 12 nitrogen and oxygen atoms in total. The molecular formula is C119H82N12. The molecular weight excluding hydrogens is 1600 g/mol. The zero-order valence-corrected chi connectivity index (χ0v) is 72.3. The van der Waals surface area contributed by atoms with Gasteiger partial charge >= 0.3 is 0 Å². The van der Waals surface area contributed by atoms with Gasteiger partial charge in [-0.1, -0.05) is 373 Å². The lowest BCUT2D eigenvalue weighted by molar-refractivity contribution is 0.660. The monoisotopic (exact) mass is 1680 g/mol. The van der Waals surface area contributed by atoms with Crippen molar-refractivity contribution in [3.05, 3.63) is 470 Å². The summed E-state index contributed by atoms with van der Waals surface area (Å²) in [7, 11) is 0. The zero-order chi connectivity index (χ0) is 87.7. The molecule has 0 saturated heterocycles. The Balaban J connectivity index is 0.000000112. The van der Waals surface area contributed by atoms with Gasteiger partial charge in [0.15, 0.2) is 52.4 Å². The quantitative estimate of drug-likeness (QED) is 0.114. The molecule has 0 radical (unpaired) electrons. The highest BCUT2D eigenvalue weighted by molar-refractivity contribution is 5.99. The van der Waals surface area contributed by atoms with E-state index in [9.17, 15) is 0 Å². The molecule has 12 heteroatoms. The summed E-state index contributed by atoms with van der Waals surface area (Å²) in [4.78, 5) is 58.3. The lowest BCUT2D eigenvalue weighted by Crippen LogP contribution is -2.25. The second kappa shape index (κ2) is 32.5. The van der Waals surface area contributed by atoms with Crippen LogP contribution >= 0.6 is 0 Å². The maximum absolute atomic E-state index is 5.08. The van der Waals surface area contributed by atoms with Crippen LogP contribution in [-0.2, 0) is 16.2 Å². The predicted molar refractivity (Wildman–Crippen MR) is 527 cm³/mol. The van der Waals surface area contributed by atoms with Crippen molar-refractivity contribution in [2.75, 3.05) is 0 Å². The molecule has 0 aliphatic heterocycles. The average Bonchev–Trinajstić information content (AvgIpc) is 1.51. The number of fused-ring (bicyclic) bond motifs is 18. The fraction of sp³-hybridized carbons (Fsp3) is 0.0588. The van der Waals surface area contributed by atoms with E-state index in [0.717, 1.165) is 83.7 Å². The van der Waals surface area contributed by atoms with Crippen LogP contribution in [0.4, 0.5) is 0 Å². The van der Waals surface area contributed by atoms with Crippen LogP contribution in [0.2, 0.25) is 0 Å². The highest BCUT2D eigenvalue weighted by Crippen LogP contribution is 2.63. The molecule has 6 heterocycles. The SMILES string of the molecule is CC1(C)c2cc(-c3nc(-c4ccccc4)nc(-c4ccc(-c5ccccn5)cc4)n3)ccc2-c2ccc3ccccc3c21.CC1(C)c2ccccc2-c2cc(-c3nc(-c4ccccc4)nc(-c4ccc(-c5ccncc5)cc4)n3)ccc21.c1ccc(-c2ccc(-c3nc(-c4ccccc4)nc(-c4ccc5c(c4)-c4ccccc4C54c5ccccc5-c5ccccc54)n3)cn2)cc1. The Morgan fingerprint density at radius 2 is 0.511 bits per heavy atom. The normalized spacial score (nSPS) is 13.1. The van der Waals surface area contributed by atoms with Gasteiger partial charge in [-0.05, 0) is 166 Å². The van der Waals surface area contributed by atoms with Crippen molar-refractivity contribution in [2.24, 2.45) is 0 Å². The van der Waals surface area contributed by atoms with Crippen LogP contribution in [0.3, 0.4) is 0 Å². The molecule has 21 aromatic rings. The first-order valence-corrected chi connectivity index (χ1v) is 44.3. The first kappa shape index (κ1) is 78.7. The Bertz CT molecular complexity index is 7930. The summed E-state index contributed by atoms with van der Waals surface area (Å²) in [6.07, 6.45) is 7.29. The van der Waals surface area contributed by atoms with Crippen molar-refractivity contribution in [1.82, 2.24) is 59.8 Å². The van der Waals surface area contributed by atoms with Crippen molar-refractivity contribution >= 4 is 10.8 Å². The molecule has 0 fully saturated rings. The van der Waals surface area contributed by atoms with Gasteiger partial charge in [0.25, 0.3) is 0 Å². The largest absolute Gasteiger partial charge is 0.265 e. The fourth-order valence-corrected chi connectivity index (χ4v) is 19.9. The van der Waals surface area contributed by atoms with Crippen LogP contribution in [0.25, 0.3) is 191 Å². The lowest BCUT2D eigenvalue weighted by atomic mass is 9.70. The number of benzene rings is 15. The van der Waals surface area contributed by atoms with Crippen LogP contribution in [0, 0.1) is 0 Å². The smallest absolute Gasteiger partial charge is 0.165 e. The first-order chi connectivity index (χ1) is 64.4. The Morgan fingerprint density at radius 1 is 0.183 bits per heavy atom. The van der Waals surface area contributed by atoms with Crippen LogP contribution in [0.15, 0.2) is 425 Å². The molecule has 25 rings (SSSR count). The molecule has 0 unspecified atom stereocenters. The standard InChI is InChI=1S/C45H28N4.C39H28N4.C35H26N4/c1-3-13-29(14-4-1)41-26-24-32(28-46-41)44-48-42(30-15-5-2-6-16-30)47-43(49-44)31-23-25-40-36(27-31)35-19-9-12-22-39(35)45(40)37-20-10-7-17-33(37)34-18-8-11-21-38(34)45;1-39(2)33-24-29(20-21-31(33)32-22-19-25-10-6-7-13-30(25)35(32)39)38-42-36(27-11-4-3-5-12-27)41-37(43-38)28-17-15-26(16-18-28)34-14-8-9-23-40-34;1-35(2)30-11-7-6-10-28(30)29-22-27(16-17-31(29)35)34-38-32(25-8-4-3-5-9-25)37-33(39-34)26-14-12-23(13-15-26)24-18-20-36-21-19-24/h1-28H;3-24H,1-2H3;3-22H,1-2H3. The Kier molecular flexibility index (Phi) is 19.5. The molecule has 0 amide bonds. The van der Waals surface area contributed by atoms with E-state index in [1.165, 1.54) is 99.8 Å². The van der Waals surface area contributed by atoms with Gasteiger partial charge in [-0.2, -0.15) is 0 Å². The van der Waals surface area contributed by atoms with Gasteiger partial charge in [0.1, 0.15) is 0 Å². The number of rotatable bonds is 12. The van der Waals surface area contributed by atoms with Gasteiger partial charge in [0.05, 0.1) is 16.8 Å². The molecule has 0 saturated carbocycles. The minimum Gasteiger partial charge on any atom is -0.265 e. The van der Waals surface area contributed by atoms with E-state index in [1.54, 1.807) is 0 Å². The van der Waals surface area contributed by atoms with Gasteiger partial charge in [-0.3, -0.25) is 15.0 Å². The van der Waals surface area contributed by atoms with Crippen LogP contribution in [0.5, 0.6) is 0 Å².